The van der Waals surface area contributed by atoms with Crippen LogP contribution in [0.15, 0.2) is 0 Å². The van der Waals surface area contributed by atoms with E-state index in [1.54, 1.807) is 6.92 Å². The van der Waals surface area contributed by atoms with Crippen molar-refractivity contribution in [3.63, 3.8) is 0 Å². The van der Waals surface area contributed by atoms with Crippen LogP contribution < -0.4 is 5.32 Å². The third-order valence-corrected chi connectivity index (χ3v) is 3.52. The molecular weight excluding hydrogens is 242 g/mol. The summed E-state index contributed by atoms with van der Waals surface area (Å²) < 4.78 is 5.02. The summed E-state index contributed by atoms with van der Waals surface area (Å²) in [6.07, 6.45) is 0.987. The van der Waals surface area contributed by atoms with Crippen molar-refractivity contribution < 1.29 is 14.3 Å². The van der Waals surface area contributed by atoms with Crippen LogP contribution in [-0.4, -0.2) is 24.5 Å². The highest BCUT2D eigenvalue weighted by Crippen LogP contribution is 2.27. The molecule has 0 heterocycles. The van der Waals surface area contributed by atoms with Crippen LogP contribution >= 0.6 is 0 Å². The van der Waals surface area contributed by atoms with E-state index in [-0.39, 0.29) is 11.9 Å². The quantitative estimate of drug-likeness (QED) is 0.597. The molecule has 1 N–H and O–H groups in total. The van der Waals surface area contributed by atoms with Crippen molar-refractivity contribution >= 4 is 11.9 Å². The molecule has 0 rings (SSSR count). The first-order valence-electron chi connectivity index (χ1n) is 7.12. The fourth-order valence-electron chi connectivity index (χ4n) is 1.88. The number of hydrogen-bond donors (Lipinski definition) is 1. The fraction of sp³-hybridized carbons (Fsp3) is 0.867. The van der Waals surface area contributed by atoms with Gasteiger partial charge in [0, 0.05) is 6.04 Å². The predicted octanol–water partition coefficient (Wildman–Crippen LogP) is 2.76. The zero-order valence-corrected chi connectivity index (χ0v) is 13.4. The maximum atomic E-state index is 12.3. The lowest BCUT2D eigenvalue weighted by Gasteiger charge is -2.30. The number of amides is 1. The van der Waals surface area contributed by atoms with Crippen molar-refractivity contribution in [2.24, 2.45) is 17.3 Å². The molecule has 0 saturated heterocycles. The molecule has 3 atom stereocenters. The molecule has 19 heavy (non-hydrogen) atoms. The molecule has 0 spiro atoms. The Balaban J connectivity index is 4.88. The molecule has 0 aliphatic carbocycles. The molecule has 0 aliphatic heterocycles. The van der Waals surface area contributed by atoms with Crippen LogP contribution in [0.4, 0.5) is 0 Å². The van der Waals surface area contributed by atoms with Gasteiger partial charge >= 0.3 is 5.97 Å². The van der Waals surface area contributed by atoms with Crippen molar-refractivity contribution in [1.29, 1.82) is 0 Å². The Morgan fingerprint density at radius 2 is 1.68 bits per heavy atom. The largest absolute Gasteiger partial charge is 0.465 e. The van der Waals surface area contributed by atoms with Gasteiger partial charge in [0.25, 0.3) is 0 Å². The highest BCUT2D eigenvalue weighted by molar-refractivity contribution is 5.98. The third kappa shape index (κ3) is 5.62. The molecule has 4 heteroatoms. The second-order valence-corrected chi connectivity index (χ2v) is 6.23. The molecule has 112 valence electrons. The molecule has 0 aromatic rings. The summed E-state index contributed by atoms with van der Waals surface area (Å²) in [6.45, 7) is 13.8. The van der Waals surface area contributed by atoms with Crippen LogP contribution in [0.5, 0.6) is 0 Å². The topological polar surface area (TPSA) is 55.4 Å². The molecule has 0 aromatic carbocycles. The first-order valence-corrected chi connectivity index (χ1v) is 7.12. The number of rotatable bonds is 6. The van der Waals surface area contributed by atoms with Crippen LogP contribution in [-0.2, 0) is 14.3 Å². The molecule has 0 saturated carbocycles. The second-order valence-electron chi connectivity index (χ2n) is 6.23. The average molecular weight is 271 g/mol. The summed E-state index contributed by atoms with van der Waals surface area (Å²) in [5.41, 5.74) is -0.453. The minimum atomic E-state index is -0.765. The Kier molecular flexibility index (Phi) is 7.09. The van der Waals surface area contributed by atoms with E-state index in [0.717, 1.165) is 6.42 Å². The lowest BCUT2D eigenvalue weighted by atomic mass is 9.80. The summed E-state index contributed by atoms with van der Waals surface area (Å²) in [6, 6.07) is 0.0526. The van der Waals surface area contributed by atoms with E-state index in [4.69, 9.17) is 4.74 Å². The van der Waals surface area contributed by atoms with Crippen molar-refractivity contribution in [3.8, 4) is 0 Å². The first-order chi connectivity index (χ1) is 8.65. The smallest absolute Gasteiger partial charge is 0.319 e. The normalized spacial score (nSPS) is 16.4. The number of carbonyl (C=O) groups is 2. The van der Waals surface area contributed by atoms with Gasteiger partial charge in [-0.15, -0.1) is 0 Å². The fourth-order valence-corrected chi connectivity index (χ4v) is 1.88. The molecule has 0 aliphatic rings. The Morgan fingerprint density at radius 3 is 2.05 bits per heavy atom. The van der Waals surface area contributed by atoms with Gasteiger partial charge in [0.05, 0.1) is 6.61 Å². The molecule has 4 nitrogen and oxygen atoms in total. The maximum absolute atomic E-state index is 12.3. The van der Waals surface area contributed by atoms with Crippen LogP contribution in [0.2, 0.25) is 0 Å². The number of hydrogen-bond acceptors (Lipinski definition) is 3. The van der Waals surface area contributed by atoms with Gasteiger partial charge in [0.1, 0.15) is 5.92 Å². The summed E-state index contributed by atoms with van der Waals surface area (Å²) >= 11 is 0. The summed E-state index contributed by atoms with van der Waals surface area (Å²) in [5, 5.41) is 2.94. The van der Waals surface area contributed by atoms with Gasteiger partial charge in [0.15, 0.2) is 0 Å². The molecule has 3 unspecified atom stereocenters. The van der Waals surface area contributed by atoms with E-state index in [9.17, 15) is 9.59 Å². The highest BCUT2D eigenvalue weighted by Gasteiger charge is 2.39. The van der Waals surface area contributed by atoms with Gasteiger partial charge in [0.2, 0.25) is 5.91 Å². The molecule has 0 radical (unpaired) electrons. The van der Waals surface area contributed by atoms with Gasteiger partial charge in [-0.3, -0.25) is 9.59 Å². The van der Waals surface area contributed by atoms with Crippen LogP contribution in [0.1, 0.15) is 54.9 Å². The SMILES string of the molecule is CCOC(=O)C(C(=O)NC(C)C(C)CC)C(C)(C)C. The van der Waals surface area contributed by atoms with Crippen molar-refractivity contribution in [2.75, 3.05) is 6.61 Å². The average Bonchev–Trinajstić information content (AvgIpc) is 2.26. The van der Waals surface area contributed by atoms with Gasteiger partial charge in [-0.25, -0.2) is 0 Å². The Morgan fingerprint density at radius 1 is 1.16 bits per heavy atom. The zero-order chi connectivity index (χ0) is 15.2. The van der Waals surface area contributed by atoms with Gasteiger partial charge in [-0.1, -0.05) is 41.0 Å². The van der Waals surface area contributed by atoms with E-state index in [0.29, 0.717) is 12.5 Å². The van der Waals surface area contributed by atoms with Crippen molar-refractivity contribution in [1.82, 2.24) is 5.32 Å². The predicted molar refractivity (Wildman–Crippen MR) is 76.6 cm³/mol. The van der Waals surface area contributed by atoms with Gasteiger partial charge in [-0.2, -0.15) is 0 Å². The van der Waals surface area contributed by atoms with E-state index >= 15 is 0 Å². The molecule has 0 aromatic heterocycles. The highest BCUT2D eigenvalue weighted by atomic mass is 16.5. The molecule has 1 amide bonds. The van der Waals surface area contributed by atoms with Crippen molar-refractivity contribution in [2.45, 2.75) is 60.9 Å². The Hall–Kier alpha value is -1.06. The summed E-state index contributed by atoms with van der Waals surface area (Å²) in [5.74, 6) is -1.06. The standard InChI is InChI=1S/C15H29NO3/c1-8-10(3)11(4)16-13(17)12(15(5,6)7)14(18)19-9-2/h10-12H,8-9H2,1-7H3,(H,16,17). The zero-order valence-electron chi connectivity index (χ0n) is 13.4. The molecular formula is C15H29NO3. The number of ether oxygens (including phenoxy) is 1. The van der Waals surface area contributed by atoms with Crippen LogP contribution in [0.25, 0.3) is 0 Å². The number of esters is 1. The van der Waals surface area contributed by atoms with E-state index < -0.39 is 17.3 Å². The van der Waals surface area contributed by atoms with E-state index in [1.165, 1.54) is 0 Å². The third-order valence-electron chi connectivity index (χ3n) is 3.52. The second kappa shape index (κ2) is 7.51. The number of nitrogens with one attached hydrogen (secondary N) is 1. The summed E-state index contributed by atoms with van der Waals surface area (Å²) in [4.78, 5) is 24.3. The van der Waals surface area contributed by atoms with Gasteiger partial charge in [-0.05, 0) is 25.2 Å². The minimum Gasteiger partial charge on any atom is -0.465 e. The Bertz CT molecular complexity index is 307. The maximum Gasteiger partial charge on any atom is 0.319 e. The van der Waals surface area contributed by atoms with E-state index in [1.807, 2.05) is 27.7 Å². The lowest BCUT2D eigenvalue weighted by molar-refractivity contribution is -0.157. The van der Waals surface area contributed by atoms with Gasteiger partial charge < -0.3 is 10.1 Å². The molecule has 0 bridgehead atoms. The first kappa shape index (κ1) is 17.9. The lowest BCUT2D eigenvalue weighted by Crippen LogP contribution is -2.47. The Labute approximate surface area is 117 Å². The number of carbonyl (C=O) groups excluding carboxylic acids is 2. The van der Waals surface area contributed by atoms with Crippen molar-refractivity contribution in [3.05, 3.63) is 0 Å². The molecule has 0 fully saturated rings. The monoisotopic (exact) mass is 271 g/mol. The van der Waals surface area contributed by atoms with Crippen LogP contribution in [0.3, 0.4) is 0 Å². The minimum absolute atomic E-state index is 0.0526. The van der Waals surface area contributed by atoms with E-state index in [2.05, 4.69) is 19.2 Å². The van der Waals surface area contributed by atoms with Crippen LogP contribution in [0, 0.1) is 17.3 Å². The summed E-state index contributed by atoms with van der Waals surface area (Å²) in [7, 11) is 0.